The van der Waals surface area contributed by atoms with Crippen molar-refractivity contribution in [2.75, 3.05) is 27.3 Å². The molecule has 0 fully saturated rings. The molecule has 0 saturated heterocycles. The van der Waals surface area contributed by atoms with Crippen molar-refractivity contribution in [3.05, 3.63) is 53.8 Å². The molecule has 0 heterocycles. The summed E-state index contributed by atoms with van der Waals surface area (Å²) in [6.07, 6.45) is 5.24. The minimum Gasteiger partial charge on any atom is -0.493 e. The van der Waals surface area contributed by atoms with Gasteiger partial charge in [0, 0.05) is 25.6 Å². The molecule has 30 heavy (non-hydrogen) atoms. The molecule has 9 heteroatoms. The molecular formula is C21H23FN2O5S. The fourth-order valence-corrected chi connectivity index (χ4v) is 3.72. The first-order valence-electron chi connectivity index (χ1n) is 8.98. The van der Waals surface area contributed by atoms with Crippen molar-refractivity contribution in [2.45, 2.75) is 17.9 Å². The van der Waals surface area contributed by atoms with Gasteiger partial charge in [0.05, 0.1) is 25.7 Å². The van der Waals surface area contributed by atoms with Crippen molar-refractivity contribution in [3.8, 4) is 23.8 Å². The lowest BCUT2D eigenvalue weighted by atomic mass is 10.2. The summed E-state index contributed by atoms with van der Waals surface area (Å²) in [6.45, 7) is 0.143. The van der Waals surface area contributed by atoms with Crippen molar-refractivity contribution in [1.82, 2.24) is 9.62 Å². The van der Waals surface area contributed by atoms with Crippen LogP contribution in [-0.4, -0.2) is 46.5 Å². The fraction of sp³-hybridized carbons (Fsp3) is 0.286. The van der Waals surface area contributed by atoms with Crippen molar-refractivity contribution in [1.29, 1.82) is 0 Å². The van der Waals surface area contributed by atoms with Crippen LogP contribution in [0.1, 0.15) is 12.0 Å². The monoisotopic (exact) mass is 434 g/mol. The van der Waals surface area contributed by atoms with Gasteiger partial charge >= 0.3 is 0 Å². The number of nitrogens with zero attached hydrogens (tertiary/aromatic N) is 1. The number of ether oxygens (including phenoxy) is 2. The number of carbonyl (C=O) groups excluding carboxylic acids is 1. The van der Waals surface area contributed by atoms with Crippen molar-refractivity contribution in [3.63, 3.8) is 0 Å². The Hall–Kier alpha value is -3.09. The molecule has 1 amide bonds. The summed E-state index contributed by atoms with van der Waals surface area (Å²) in [4.78, 5) is 13.9. The summed E-state index contributed by atoms with van der Waals surface area (Å²) in [5.41, 5.74) is 0.714. The predicted octanol–water partition coefficient (Wildman–Crippen LogP) is 2.17. The predicted molar refractivity (Wildman–Crippen MR) is 110 cm³/mol. The van der Waals surface area contributed by atoms with E-state index >= 15 is 0 Å². The van der Waals surface area contributed by atoms with Gasteiger partial charge in [-0.2, -0.15) is 0 Å². The summed E-state index contributed by atoms with van der Waals surface area (Å²) in [7, 11) is -1.00. The summed E-state index contributed by atoms with van der Waals surface area (Å²) in [5.74, 6) is 2.37. The Morgan fingerprint density at radius 1 is 1.13 bits per heavy atom. The van der Waals surface area contributed by atoms with E-state index < -0.39 is 10.0 Å². The van der Waals surface area contributed by atoms with Crippen LogP contribution < -0.4 is 14.2 Å². The third-order valence-electron chi connectivity index (χ3n) is 4.22. The molecule has 160 valence electrons. The molecule has 0 aliphatic rings. The minimum absolute atomic E-state index is 0.0145. The Balaban J connectivity index is 2.00. The Labute approximate surface area is 175 Å². The average Bonchev–Trinajstić information content (AvgIpc) is 2.74. The normalized spacial score (nSPS) is 10.9. The average molecular weight is 434 g/mol. The van der Waals surface area contributed by atoms with E-state index in [2.05, 4.69) is 10.6 Å². The van der Waals surface area contributed by atoms with Gasteiger partial charge in [0.15, 0.2) is 11.5 Å². The second kappa shape index (κ2) is 10.6. The van der Waals surface area contributed by atoms with Crippen molar-refractivity contribution < 1.29 is 27.1 Å². The zero-order chi connectivity index (χ0) is 22.1. The number of halogens is 1. The molecule has 7 nitrogen and oxygen atoms in total. The van der Waals surface area contributed by atoms with Crippen LogP contribution in [0.25, 0.3) is 0 Å². The second-order valence-electron chi connectivity index (χ2n) is 6.24. The Morgan fingerprint density at radius 3 is 2.40 bits per heavy atom. The largest absolute Gasteiger partial charge is 0.493 e. The van der Waals surface area contributed by atoms with Gasteiger partial charge in [-0.1, -0.05) is 18.1 Å². The lowest BCUT2D eigenvalue weighted by Crippen LogP contribution is -2.34. The summed E-state index contributed by atoms with van der Waals surface area (Å²) in [5, 5.41) is 0. The molecule has 0 aromatic heterocycles. The van der Waals surface area contributed by atoms with E-state index in [1.54, 1.807) is 12.1 Å². The van der Waals surface area contributed by atoms with E-state index in [4.69, 9.17) is 15.9 Å². The van der Waals surface area contributed by atoms with Crippen LogP contribution in [-0.2, 0) is 21.4 Å². The number of hydrogen-bond donors (Lipinski definition) is 1. The summed E-state index contributed by atoms with van der Waals surface area (Å²) in [6, 6.07) is 9.91. The van der Waals surface area contributed by atoms with Gasteiger partial charge in [0.1, 0.15) is 5.82 Å². The van der Waals surface area contributed by atoms with Gasteiger partial charge in [-0.25, -0.2) is 17.5 Å². The van der Waals surface area contributed by atoms with Crippen molar-refractivity contribution >= 4 is 15.9 Å². The number of benzene rings is 2. The van der Waals surface area contributed by atoms with Crippen LogP contribution in [0.2, 0.25) is 0 Å². The highest BCUT2D eigenvalue weighted by Gasteiger charge is 2.19. The fourth-order valence-electron chi connectivity index (χ4n) is 2.67. The van der Waals surface area contributed by atoms with Crippen molar-refractivity contribution in [2.24, 2.45) is 0 Å². The van der Waals surface area contributed by atoms with Crippen LogP contribution >= 0.6 is 0 Å². The number of carbonyl (C=O) groups is 1. The van der Waals surface area contributed by atoms with Crippen LogP contribution in [0.15, 0.2) is 47.4 Å². The zero-order valence-electron chi connectivity index (χ0n) is 16.7. The summed E-state index contributed by atoms with van der Waals surface area (Å²) >= 11 is 0. The SMILES string of the molecule is C#CCN(Cc1ccc(F)cc1)C(=O)CCNS(=O)(=O)c1ccc(OC)c(OC)c1. The van der Waals surface area contributed by atoms with E-state index in [1.165, 1.54) is 49.5 Å². The van der Waals surface area contributed by atoms with E-state index in [0.717, 1.165) is 0 Å². The Kier molecular flexibility index (Phi) is 8.21. The number of terminal acetylenes is 1. The first-order valence-corrected chi connectivity index (χ1v) is 10.5. The van der Waals surface area contributed by atoms with E-state index in [9.17, 15) is 17.6 Å². The maximum absolute atomic E-state index is 13.0. The smallest absolute Gasteiger partial charge is 0.240 e. The molecule has 2 aromatic rings. The molecule has 0 atom stereocenters. The van der Waals surface area contributed by atoms with Crippen LogP contribution in [0.5, 0.6) is 11.5 Å². The minimum atomic E-state index is -3.85. The highest BCUT2D eigenvalue weighted by atomic mass is 32.2. The van der Waals surface area contributed by atoms with Gasteiger partial charge in [-0.3, -0.25) is 4.79 Å². The molecule has 2 aromatic carbocycles. The molecular weight excluding hydrogens is 411 g/mol. The number of methoxy groups -OCH3 is 2. The van der Waals surface area contributed by atoms with Crippen LogP contribution in [0.4, 0.5) is 4.39 Å². The molecule has 0 spiro atoms. The van der Waals surface area contributed by atoms with Gasteiger partial charge in [-0.05, 0) is 29.8 Å². The zero-order valence-corrected chi connectivity index (χ0v) is 17.5. The molecule has 1 N–H and O–H groups in total. The molecule has 0 radical (unpaired) electrons. The standard InChI is InChI=1S/C21H23FN2O5S/c1-4-13-24(15-16-5-7-17(22)8-6-16)21(25)11-12-23-30(26,27)18-9-10-19(28-2)20(14-18)29-3/h1,5-10,14,23H,11-13,15H2,2-3H3. The maximum atomic E-state index is 13.0. The quantitative estimate of drug-likeness (QED) is 0.580. The lowest BCUT2D eigenvalue weighted by Gasteiger charge is -2.20. The number of amides is 1. The third kappa shape index (κ3) is 6.20. The number of sulfonamides is 1. The Morgan fingerprint density at radius 2 is 1.80 bits per heavy atom. The molecule has 0 aliphatic heterocycles. The Bertz CT molecular complexity index is 1020. The highest BCUT2D eigenvalue weighted by molar-refractivity contribution is 7.89. The number of hydrogen-bond acceptors (Lipinski definition) is 5. The highest BCUT2D eigenvalue weighted by Crippen LogP contribution is 2.29. The van der Waals surface area contributed by atoms with E-state index in [-0.39, 0.29) is 48.4 Å². The molecule has 2 rings (SSSR count). The van der Waals surface area contributed by atoms with Crippen LogP contribution in [0.3, 0.4) is 0 Å². The molecule has 0 aliphatic carbocycles. The van der Waals surface area contributed by atoms with E-state index in [1.807, 2.05) is 0 Å². The third-order valence-corrected chi connectivity index (χ3v) is 5.68. The molecule has 0 saturated carbocycles. The van der Waals surface area contributed by atoms with Gasteiger partial charge in [0.2, 0.25) is 15.9 Å². The number of nitrogens with one attached hydrogen (secondary N) is 1. The first kappa shape index (κ1) is 23.2. The second-order valence-corrected chi connectivity index (χ2v) is 8.01. The first-order chi connectivity index (χ1) is 14.3. The topological polar surface area (TPSA) is 84.9 Å². The molecule has 0 unspecified atom stereocenters. The summed E-state index contributed by atoms with van der Waals surface area (Å²) < 4.78 is 50.6. The molecule has 0 bridgehead atoms. The van der Waals surface area contributed by atoms with Gasteiger partial charge < -0.3 is 14.4 Å². The van der Waals surface area contributed by atoms with Crippen LogP contribution in [0, 0.1) is 18.2 Å². The van der Waals surface area contributed by atoms with E-state index in [0.29, 0.717) is 11.3 Å². The maximum Gasteiger partial charge on any atom is 0.240 e. The lowest BCUT2D eigenvalue weighted by molar-refractivity contribution is -0.131. The van der Waals surface area contributed by atoms with Gasteiger partial charge in [0.25, 0.3) is 0 Å². The van der Waals surface area contributed by atoms with Gasteiger partial charge in [-0.15, -0.1) is 6.42 Å². The number of rotatable bonds is 10.